The van der Waals surface area contributed by atoms with Gasteiger partial charge in [-0.15, -0.1) is 0 Å². The van der Waals surface area contributed by atoms with Gasteiger partial charge < -0.3 is 14.8 Å². The maximum atomic E-state index is 12.2. The number of para-hydroxylation sites is 1. The Balaban J connectivity index is 1.49. The van der Waals surface area contributed by atoms with E-state index in [4.69, 9.17) is 14.6 Å². The van der Waals surface area contributed by atoms with Gasteiger partial charge in [-0.25, -0.2) is 13.6 Å². The molecule has 1 amide bonds. The number of ether oxygens (including phenoxy) is 2. The summed E-state index contributed by atoms with van der Waals surface area (Å²) in [5, 5.41) is 7.88. The zero-order valence-electron chi connectivity index (χ0n) is 16.3. The van der Waals surface area contributed by atoms with Crippen molar-refractivity contribution in [1.82, 2.24) is 5.32 Å². The molecule has 0 aliphatic carbocycles. The minimum absolute atomic E-state index is 0.0211. The summed E-state index contributed by atoms with van der Waals surface area (Å²) < 4.78 is 33.8. The molecule has 7 nitrogen and oxygen atoms in total. The third-order valence-corrected chi connectivity index (χ3v) is 5.19. The summed E-state index contributed by atoms with van der Waals surface area (Å²) in [7, 11) is -3.74. The van der Waals surface area contributed by atoms with E-state index in [-0.39, 0.29) is 23.5 Å². The van der Waals surface area contributed by atoms with Gasteiger partial charge in [-0.1, -0.05) is 30.3 Å². The highest BCUT2D eigenvalue weighted by molar-refractivity contribution is 7.89. The molecule has 0 aliphatic heterocycles. The fourth-order valence-electron chi connectivity index (χ4n) is 2.69. The molecule has 30 heavy (non-hydrogen) atoms. The number of rotatable bonds is 8. The quantitative estimate of drug-likeness (QED) is 0.574. The van der Waals surface area contributed by atoms with Crippen molar-refractivity contribution in [1.29, 1.82) is 0 Å². The predicted molar refractivity (Wildman–Crippen MR) is 113 cm³/mol. The van der Waals surface area contributed by atoms with E-state index in [1.54, 1.807) is 43.3 Å². The van der Waals surface area contributed by atoms with Gasteiger partial charge in [0.15, 0.2) is 6.61 Å². The average Bonchev–Trinajstić information content (AvgIpc) is 2.73. The fourth-order valence-corrected chi connectivity index (χ4v) is 3.21. The van der Waals surface area contributed by atoms with Crippen molar-refractivity contribution in [3.63, 3.8) is 0 Å². The molecule has 3 N–H and O–H groups in total. The van der Waals surface area contributed by atoms with Crippen LogP contribution in [0.4, 0.5) is 0 Å². The van der Waals surface area contributed by atoms with Crippen molar-refractivity contribution < 1.29 is 22.7 Å². The summed E-state index contributed by atoms with van der Waals surface area (Å²) >= 11 is 0. The SMILES string of the molecule is CC(NC(=O)COc1ccc(Oc2ccccc2)cc1)c1ccc(S(N)(=O)=O)cc1. The predicted octanol–water partition coefficient (Wildman–Crippen LogP) is 3.38. The van der Waals surface area contributed by atoms with Gasteiger partial charge in [-0.05, 0) is 61.0 Å². The number of hydrogen-bond donors (Lipinski definition) is 2. The number of sulfonamides is 1. The van der Waals surface area contributed by atoms with E-state index >= 15 is 0 Å². The monoisotopic (exact) mass is 426 g/mol. The maximum absolute atomic E-state index is 12.2. The molecule has 0 spiro atoms. The van der Waals surface area contributed by atoms with E-state index in [0.29, 0.717) is 11.5 Å². The van der Waals surface area contributed by atoms with Gasteiger partial charge in [0.2, 0.25) is 10.0 Å². The molecule has 0 saturated carbocycles. The Morgan fingerprint density at radius 2 is 1.47 bits per heavy atom. The Morgan fingerprint density at radius 3 is 2.07 bits per heavy atom. The van der Waals surface area contributed by atoms with Crippen molar-refractivity contribution >= 4 is 15.9 Å². The van der Waals surface area contributed by atoms with Gasteiger partial charge in [0.25, 0.3) is 5.91 Å². The summed E-state index contributed by atoms with van der Waals surface area (Å²) in [6.07, 6.45) is 0. The lowest BCUT2D eigenvalue weighted by molar-refractivity contribution is -0.123. The molecule has 1 unspecified atom stereocenters. The number of amides is 1. The minimum Gasteiger partial charge on any atom is -0.484 e. The first-order valence-corrected chi connectivity index (χ1v) is 10.7. The fraction of sp³-hybridized carbons (Fsp3) is 0.136. The summed E-state index contributed by atoms with van der Waals surface area (Å²) in [5.74, 6) is 1.63. The molecule has 3 aromatic rings. The number of carbonyl (C=O) groups is 1. The maximum Gasteiger partial charge on any atom is 0.258 e. The second kappa shape index (κ2) is 9.43. The normalized spacial score (nSPS) is 12.1. The first kappa shape index (κ1) is 21.4. The first-order chi connectivity index (χ1) is 14.3. The van der Waals surface area contributed by atoms with Crippen LogP contribution in [0.1, 0.15) is 18.5 Å². The van der Waals surface area contributed by atoms with E-state index in [9.17, 15) is 13.2 Å². The number of nitrogens with two attached hydrogens (primary N) is 1. The van der Waals surface area contributed by atoms with Crippen molar-refractivity contribution in [2.24, 2.45) is 5.14 Å². The van der Waals surface area contributed by atoms with Crippen LogP contribution in [0.5, 0.6) is 17.2 Å². The Hall–Kier alpha value is -3.36. The van der Waals surface area contributed by atoms with Crippen LogP contribution < -0.4 is 19.9 Å². The topological polar surface area (TPSA) is 108 Å². The molecule has 0 radical (unpaired) electrons. The second-order valence-electron chi connectivity index (χ2n) is 6.58. The summed E-state index contributed by atoms with van der Waals surface area (Å²) in [6, 6.07) is 22.1. The van der Waals surface area contributed by atoms with Crippen molar-refractivity contribution in [2.75, 3.05) is 6.61 Å². The Morgan fingerprint density at radius 1 is 0.900 bits per heavy atom. The van der Waals surface area contributed by atoms with Crippen LogP contribution in [0.15, 0.2) is 83.8 Å². The molecule has 3 rings (SSSR count). The van der Waals surface area contributed by atoms with E-state index in [2.05, 4.69) is 5.32 Å². The van der Waals surface area contributed by atoms with Crippen LogP contribution >= 0.6 is 0 Å². The largest absolute Gasteiger partial charge is 0.484 e. The highest BCUT2D eigenvalue weighted by atomic mass is 32.2. The van der Waals surface area contributed by atoms with Gasteiger partial charge >= 0.3 is 0 Å². The van der Waals surface area contributed by atoms with E-state index in [1.165, 1.54) is 12.1 Å². The van der Waals surface area contributed by atoms with E-state index in [1.807, 2.05) is 30.3 Å². The smallest absolute Gasteiger partial charge is 0.258 e. The summed E-state index contributed by atoms with van der Waals surface area (Å²) in [6.45, 7) is 1.64. The van der Waals surface area contributed by atoms with Crippen LogP contribution in [-0.2, 0) is 14.8 Å². The van der Waals surface area contributed by atoms with Gasteiger partial charge in [-0.2, -0.15) is 0 Å². The molecule has 8 heteroatoms. The van der Waals surface area contributed by atoms with Crippen molar-refractivity contribution in [3.05, 3.63) is 84.4 Å². The molecular weight excluding hydrogens is 404 g/mol. The number of benzene rings is 3. The number of nitrogens with one attached hydrogen (secondary N) is 1. The number of hydrogen-bond acceptors (Lipinski definition) is 5. The van der Waals surface area contributed by atoms with Gasteiger partial charge in [0, 0.05) is 0 Å². The molecule has 0 heterocycles. The third-order valence-electron chi connectivity index (χ3n) is 4.26. The number of primary sulfonamides is 1. The Kier molecular flexibility index (Phi) is 6.71. The third kappa shape index (κ3) is 6.07. The summed E-state index contributed by atoms with van der Waals surface area (Å²) in [4.78, 5) is 12.2. The van der Waals surface area contributed by atoms with Gasteiger partial charge in [0.1, 0.15) is 17.2 Å². The first-order valence-electron chi connectivity index (χ1n) is 9.19. The zero-order valence-corrected chi connectivity index (χ0v) is 17.1. The molecule has 0 aliphatic rings. The lowest BCUT2D eigenvalue weighted by atomic mass is 10.1. The van der Waals surface area contributed by atoms with Crippen LogP contribution in [-0.4, -0.2) is 20.9 Å². The van der Waals surface area contributed by atoms with Gasteiger partial charge in [-0.3, -0.25) is 4.79 Å². The highest BCUT2D eigenvalue weighted by Crippen LogP contribution is 2.23. The molecular formula is C22H22N2O5S. The van der Waals surface area contributed by atoms with Gasteiger partial charge in [0.05, 0.1) is 10.9 Å². The van der Waals surface area contributed by atoms with Crippen LogP contribution in [0, 0.1) is 0 Å². The van der Waals surface area contributed by atoms with E-state index < -0.39 is 10.0 Å². The number of carbonyl (C=O) groups excluding carboxylic acids is 1. The Labute approximate surface area is 175 Å². The molecule has 156 valence electrons. The molecule has 3 aromatic carbocycles. The Bertz CT molecular complexity index is 1080. The molecule has 0 aromatic heterocycles. The standard InChI is InChI=1S/C22H22N2O5S/c1-16(17-7-13-21(14-8-17)30(23,26)27)24-22(25)15-28-18-9-11-20(12-10-18)29-19-5-3-2-4-6-19/h2-14,16H,15H2,1H3,(H,24,25)(H2,23,26,27). The second-order valence-corrected chi connectivity index (χ2v) is 8.14. The molecule has 0 bridgehead atoms. The van der Waals surface area contributed by atoms with E-state index in [0.717, 1.165) is 11.3 Å². The lowest BCUT2D eigenvalue weighted by Gasteiger charge is -2.15. The van der Waals surface area contributed by atoms with Crippen LogP contribution in [0.3, 0.4) is 0 Å². The zero-order chi connectivity index (χ0) is 21.6. The minimum atomic E-state index is -3.74. The highest BCUT2D eigenvalue weighted by Gasteiger charge is 2.12. The molecule has 0 saturated heterocycles. The van der Waals surface area contributed by atoms with Crippen molar-refractivity contribution in [2.45, 2.75) is 17.9 Å². The summed E-state index contributed by atoms with van der Waals surface area (Å²) in [5.41, 5.74) is 0.748. The van der Waals surface area contributed by atoms with Crippen LogP contribution in [0.25, 0.3) is 0 Å². The molecule has 1 atom stereocenters. The van der Waals surface area contributed by atoms with Crippen LogP contribution in [0.2, 0.25) is 0 Å². The average molecular weight is 426 g/mol. The molecule has 0 fully saturated rings. The van der Waals surface area contributed by atoms with Crippen molar-refractivity contribution in [3.8, 4) is 17.2 Å². The lowest BCUT2D eigenvalue weighted by Crippen LogP contribution is -2.31.